The first kappa shape index (κ1) is 17.9. The van der Waals surface area contributed by atoms with Gasteiger partial charge in [-0.2, -0.15) is 0 Å². The third kappa shape index (κ3) is 3.89. The fraction of sp³-hybridized carbons (Fsp3) is 0.125. The smallest absolute Gasteiger partial charge is 0.341 e. The number of hydrogen-bond donors (Lipinski definition) is 4. The van der Waals surface area contributed by atoms with Gasteiger partial charge in [0.2, 0.25) is 0 Å². The zero-order valence-electron chi connectivity index (χ0n) is 12.3. The van der Waals surface area contributed by atoms with E-state index >= 15 is 0 Å². The highest BCUT2D eigenvalue weighted by atomic mass is 31.2. The van der Waals surface area contributed by atoms with Gasteiger partial charge in [-0.3, -0.25) is 14.2 Å². The lowest BCUT2D eigenvalue weighted by atomic mass is 9.93. The average molecular weight is 350 g/mol. The minimum absolute atomic E-state index is 0.0120. The summed E-state index contributed by atoms with van der Waals surface area (Å²) in [5.74, 6) is -5.32. The Hall–Kier alpha value is -2.47. The number of carboxylic acids is 2. The Labute approximate surface area is 137 Å². The van der Waals surface area contributed by atoms with Crippen molar-refractivity contribution in [2.24, 2.45) is 0 Å². The Kier molecular flexibility index (Phi) is 5.19. The molecule has 0 aliphatic rings. The van der Waals surface area contributed by atoms with E-state index in [0.29, 0.717) is 0 Å². The van der Waals surface area contributed by atoms with E-state index in [1.807, 2.05) is 30.3 Å². The lowest BCUT2D eigenvalue weighted by Gasteiger charge is -2.21. The molecule has 7 nitrogen and oxygen atoms in total. The largest absolute Gasteiger partial charge is 0.481 e. The van der Waals surface area contributed by atoms with Crippen molar-refractivity contribution in [3.8, 4) is 11.1 Å². The third-order valence-corrected chi connectivity index (χ3v) is 4.82. The van der Waals surface area contributed by atoms with Crippen LogP contribution in [0, 0.1) is 0 Å². The van der Waals surface area contributed by atoms with E-state index in [-0.39, 0.29) is 5.56 Å². The number of rotatable bonds is 6. The van der Waals surface area contributed by atoms with Crippen molar-refractivity contribution in [1.82, 2.24) is 0 Å². The van der Waals surface area contributed by atoms with Crippen LogP contribution in [0.1, 0.15) is 11.5 Å². The third-order valence-electron chi connectivity index (χ3n) is 3.57. The van der Waals surface area contributed by atoms with Crippen molar-refractivity contribution in [3.05, 3.63) is 60.2 Å². The molecule has 0 bridgehead atoms. The summed E-state index contributed by atoms with van der Waals surface area (Å²) in [6.45, 7) is 0. The molecular formula is C16H15O7P. The molecule has 0 saturated carbocycles. The van der Waals surface area contributed by atoms with Crippen molar-refractivity contribution < 1.29 is 34.2 Å². The van der Waals surface area contributed by atoms with Crippen LogP contribution >= 0.6 is 7.60 Å². The maximum Gasteiger partial charge on any atom is 0.341 e. The molecule has 0 spiro atoms. The molecule has 2 atom stereocenters. The van der Waals surface area contributed by atoms with E-state index in [9.17, 15) is 29.0 Å². The van der Waals surface area contributed by atoms with E-state index in [1.165, 1.54) is 12.1 Å². The van der Waals surface area contributed by atoms with Gasteiger partial charge in [0, 0.05) is 0 Å². The second-order valence-corrected chi connectivity index (χ2v) is 6.91. The van der Waals surface area contributed by atoms with Gasteiger partial charge in [-0.25, -0.2) is 0 Å². The Bertz CT molecular complexity index is 780. The van der Waals surface area contributed by atoms with Gasteiger partial charge < -0.3 is 20.0 Å². The fourth-order valence-corrected chi connectivity index (χ4v) is 3.43. The van der Waals surface area contributed by atoms with Crippen LogP contribution in [0.3, 0.4) is 0 Å². The van der Waals surface area contributed by atoms with Crippen LogP contribution in [0.4, 0.5) is 0 Å². The van der Waals surface area contributed by atoms with Crippen molar-refractivity contribution in [3.63, 3.8) is 0 Å². The van der Waals surface area contributed by atoms with Crippen LogP contribution in [-0.4, -0.2) is 37.6 Å². The zero-order valence-corrected chi connectivity index (χ0v) is 13.2. The number of hydrogen-bond acceptors (Lipinski definition) is 3. The van der Waals surface area contributed by atoms with E-state index in [0.717, 1.165) is 11.1 Å². The molecule has 0 aliphatic carbocycles. The predicted octanol–water partition coefficient (Wildman–Crippen LogP) is 2.15. The Morgan fingerprint density at radius 2 is 1.29 bits per heavy atom. The van der Waals surface area contributed by atoms with Gasteiger partial charge in [0.25, 0.3) is 0 Å². The second kappa shape index (κ2) is 6.97. The van der Waals surface area contributed by atoms with Crippen molar-refractivity contribution in [2.45, 2.75) is 11.6 Å². The highest BCUT2D eigenvalue weighted by Gasteiger charge is 2.46. The number of carbonyl (C=O) groups is 2. The molecule has 2 rings (SSSR count). The van der Waals surface area contributed by atoms with Crippen molar-refractivity contribution >= 4 is 19.5 Å². The molecule has 4 N–H and O–H groups in total. The summed E-state index contributed by atoms with van der Waals surface area (Å²) >= 11 is 0. The first-order chi connectivity index (χ1) is 11.2. The summed E-state index contributed by atoms with van der Waals surface area (Å²) in [6, 6.07) is 15.1. The van der Waals surface area contributed by atoms with Crippen LogP contribution in [0.5, 0.6) is 0 Å². The summed E-state index contributed by atoms with van der Waals surface area (Å²) < 4.78 is 11.4. The van der Waals surface area contributed by atoms with Gasteiger partial charge in [0.05, 0.1) is 0 Å². The Morgan fingerprint density at radius 3 is 1.71 bits per heavy atom. The number of benzene rings is 2. The first-order valence-electron chi connectivity index (χ1n) is 6.88. The van der Waals surface area contributed by atoms with Gasteiger partial charge in [-0.1, -0.05) is 54.6 Å². The van der Waals surface area contributed by atoms with Gasteiger partial charge >= 0.3 is 19.5 Å². The SMILES string of the molecule is O=C(O)C(c1ccc(-c2ccccc2)cc1)C(C(=O)O)P(=O)(O)O. The molecule has 0 saturated heterocycles. The van der Waals surface area contributed by atoms with Gasteiger partial charge in [-0.05, 0) is 16.7 Å². The standard InChI is InChI=1S/C16H15O7P/c17-15(18)13(14(16(19)20)24(21,22)23)12-8-6-11(7-9-12)10-4-2-1-3-5-10/h1-9,13-14H,(H,17,18)(H,19,20)(H2,21,22,23). The van der Waals surface area contributed by atoms with E-state index in [1.54, 1.807) is 12.1 Å². The molecule has 0 aromatic heterocycles. The predicted molar refractivity (Wildman–Crippen MR) is 85.7 cm³/mol. The summed E-state index contributed by atoms with van der Waals surface area (Å²) in [4.78, 5) is 41.1. The number of aliphatic carboxylic acids is 2. The summed E-state index contributed by atoms with van der Waals surface area (Å²) in [7, 11) is -5.16. The van der Waals surface area contributed by atoms with Crippen molar-refractivity contribution in [2.75, 3.05) is 0 Å². The lowest BCUT2D eigenvalue weighted by Crippen LogP contribution is -2.33. The van der Waals surface area contributed by atoms with Crippen LogP contribution in [0.15, 0.2) is 54.6 Å². The molecule has 24 heavy (non-hydrogen) atoms. The van der Waals surface area contributed by atoms with E-state index in [2.05, 4.69) is 0 Å². The zero-order chi connectivity index (χ0) is 17.9. The Morgan fingerprint density at radius 1 is 0.792 bits per heavy atom. The van der Waals surface area contributed by atoms with Gasteiger partial charge in [-0.15, -0.1) is 0 Å². The van der Waals surface area contributed by atoms with Crippen LogP contribution in [0.2, 0.25) is 0 Å². The van der Waals surface area contributed by atoms with Gasteiger partial charge in [0.15, 0.2) is 5.66 Å². The molecule has 2 unspecified atom stereocenters. The molecule has 0 amide bonds. The molecule has 2 aromatic rings. The fourth-order valence-electron chi connectivity index (χ4n) is 2.45. The molecule has 8 heteroatoms. The summed E-state index contributed by atoms with van der Waals surface area (Å²) in [6.07, 6.45) is 0. The minimum atomic E-state index is -5.16. The van der Waals surface area contributed by atoms with Gasteiger partial charge in [0.1, 0.15) is 5.92 Å². The van der Waals surface area contributed by atoms with Crippen molar-refractivity contribution in [1.29, 1.82) is 0 Å². The van der Waals surface area contributed by atoms with Crippen LogP contribution in [0.25, 0.3) is 11.1 Å². The normalized spacial score (nSPS) is 13.9. The first-order valence-corrected chi connectivity index (χ1v) is 8.56. The molecule has 0 fully saturated rings. The minimum Gasteiger partial charge on any atom is -0.481 e. The van der Waals surface area contributed by atoms with E-state index in [4.69, 9.17) is 5.11 Å². The highest BCUT2D eigenvalue weighted by molar-refractivity contribution is 7.53. The molecule has 126 valence electrons. The van der Waals surface area contributed by atoms with Crippen LogP contribution < -0.4 is 0 Å². The monoisotopic (exact) mass is 350 g/mol. The topological polar surface area (TPSA) is 132 Å². The van der Waals surface area contributed by atoms with E-state index < -0.39 is 31.1 Å². The molecule has 0 heterocycles. The molecule has 2 aromatic carbocycles. The molecule has 0 radical (unpaired) electrons. The second-order valence-electron chi connectivity index (χ2n) is 5.18. The maximum absolute atomic E-state index is 11.4. The molecule has 0 aliphatic heterocycles. The highest BCUT2D eigenvalue weighted by Crippen LogP contribution is 2.48. The summed E-state index contributed by atoms with van der Waals surface area (Å²) in [5.41, 5.74) is -0.692. The molecular weight excluding hydrogens is 335 g/mol. The summed E-state index contributed by atoms with van der Waals surface area (Å²) in [5, 5.41) is 18.4. The average Bonchev–Trinajstić information content (AvgIpc) is 2.51. The lowest BCUT2D eigenvalue weighted by molar-refractivity contribution is -0.145. The van der Waals surface area contributed by atoms with Crippen LogP contribution in [-0.2, 0) is 14.2 Å². The number of carboxylic acid groups (broad SMARTS) is 2. The maximum atomic E-state index is 11.4. The Balaban J connectivity index is 2.44. The quantitative estimate of drug-likeness (QED) is 0.587.